The summed E-state index contributed by atoms with van der Waals surface area (Å²) in [7, 11) is 0. The fourth-order valence-electron chi connectivity index (χ4n) is 4.47. The monoisotopic (exact) mass is 357 g/mol. The third kappa shape index (κ3) is 2.55. The van der Waals surface area contributed by atoms with Crippen LogP contribution < -0.4 is 5.73 Å². The molecule has 5 rings (SSSR count). The number of nitrogens with zero attached hydrogens (tertiary/aromatic N) is 2. The first-order valence-corrected chi connectivity index (χ1v) is 9.34. The topological polar surface area (TPSA) is 51.8 Å². The summed E-state index contributed by atoms with van der Waals surface area (Å²) < 4.78 is 13.9. The van der Waals surface area contributed by atoms with Crippen molar-refractivity contribution in [2.75, 3.05) is 5.73 Å². The van der Waals surface area contributed by atoms with Crippen LogP contribution in [0.3, 0.4) is 0 Å². The third-order valence-corrected chi connectivity index (χ3v) is 6.05. The van der Waals surface area contributed by atoms with Gasteiger partial charge in [0.05, 0.1) is 0 Å². The third-order valence-electron chi connectivity index (χ3n) is 6.05. The summed E-state index contributed by atoms with van der Waals surface area (Å²) in [6.07, 6.45) is 10.1. The van der Waals surface area contributed by atoms with Crippen LogP contribution in [0.15, 0.2) is 60.9 Å². The van der Waals surface area contributed by atoms with Crippen LogP contribution in [0.4, 0.5) is 10.3 Å². The Hall–Kier alpha value is -3.01. The van der Waals surface area contributed by atoms with Gasteiger partial charge in [0.2, 0.25) is 5.95 Å². The van der Waals surface area contributed by atoms with Crippen LogP contribution >= 0.6 is 0 Å². The van der Waals surface area contributed by atoms with Crippen molar-refractivity contribution in [1.29, 1.82) is 0 Å². The van der Waals surface area contributed by atoms with Crippen LogP contribution in [0.5, 0.6) is 0 Å². The molecule has 2 aromatic carbocycles. The molecule has 0 unspecified atom stereocenters. The zero-order chi connectivity index (χ0) is 18.4. The van der Waals surface area contributed by atoms with Crippen molar-refractivity contribution in [3.8, 4) is 11.1 Å². The summed E-state index contributed by atoms with van der Waals surface area (Å²) >= 11 is 0. The van der Waals surface area contributed by atoms with Crippen molar-refractivity contribution >= 4 is 11.5 Å². The number of nitrogen functional groups attached to an aromatic ring is 1. The van der Waals surface area contributed by atoms with Crippen molar-refractivity contribution in [1.82, 2.24) is 9.97 Å². The molecule has 1 saturated carbocycles. The molecule has 0 saturated heterocycles. The standard InChI is InChI=1S/C23H20FN3/c24-19-8-4-16-5-9-21(20(16)12-19)23(10-1-11-23)18-6-2-15(3-7-18)17-13-26-22(25)27-14-17/h2-4,6-9,12-14H,1,5,10-11H2,(H2,25,26,27). The maximum atomic E-state index is 13.9. The van der Waals surface area contributed by atoms with Gasteiger partial charge >= 0.3 is 0 Å². The number of rotatable bonds is 3. The highest BCUT2D eigenvalue weighted by atomic mass is 19.1. The minimum absolute atomic E-state index is 0.00912. The highest BCUT2D eigenvalue weighted by molar-refractivity contribution is 5.82. The molecular formula is C23H20FN3. The Kier molecular flexibility index (Phi) is 3.61. The predicted molar refractivity (Wildman–Crippen MR) is 105 cm³/mol. The number of nitrogens with two attached hydrogens (primary N) is 1. The summed E-state index contributed by atoms with van der Waals surface area (Å²) in [5, 5.41) is 0. The molecule has 0 spiro atoms. The van der Waals surface area contributed by atoms with Gasteiger partial charge in [0, 0.05) is 23.4 Å². The average Bonchev–Trinajstić information content (AvgIpc) is 3.06. The van der Waals surface area contributed by atoms with E-state index in [0.717, 1.165) is 36.0 Å². The maximum Gasteiger partial charge on any atom is 0.219 e. The first-order chi connectivity index (χ1) is 13.2. The van der Waals surface area contributed by atoms with E-state index in [-0.39, 0.29) is 17.2 Å². The summed E-state index contributed by atoms with van der Waals surface area (Å²) in [6.45, 7) is 0. The Morgan fingerprint density at radius 1 is 0.926 bits per heavy atom. The van der Waals surface area contributed by atoms with Gasteiger partial charge in [-0.3, -0.25) is 0 Å². The van der Waals surface area contributed by atoms with E-state index in [1.165, 1.54) is 23.1 Å². The minimum atomic E-state index is -0.158. The Morgan fingerprint density at radius 3 is 2.33 bits per heavy atom. The first kappa shape index (κ1) is 16.2. The van der Waals surface area contributed by atoms with E-state index in [4.69, 9.17) is 5.73 Å². The molecule has 3 aromatic rings. The molecule has 2 N–H and O–H groups in total. The van der Waals surface area contributed by atoms with E-state index >= 15 is 0 Å². The van der Waals surface area contributed by atoms with Gasteiger partial charge in [0.25, 0.3) is 0 Å². The van der Waals surface area contributed by atoms with Gasteiger partial charge in [-0.05, 0) is 59.2 Å². The summed E-state index contributed by atoms with van der Waals surface area (Å²) in [6, 6.07) is 13.8. The minimum Gasteiger partial charge on any atom is -0.368 e. The van der Waals surface area contributed by atoms with Gasteiger partial charge < -0.3 is 5.73 Å². The first-order valence-electron chi connectivity index (χ1n) is 9.34. The van der Waals surface area contributed by atoms with Gasteiger partial charge in [0.1, 0.15) is 5.82 Å². The number of halogens is 1. The summed E-state index contributed by atoms with van der Waals surface area (Å²) in [4.78, 5) is 8.14. The van der Waals surface area contributed by atoms with Crippen LogP contribution in [0, 0.1) is 5.82 Å². The molecule has 0 radical (unpaired) electrons. The van der Waals surface area contributed by atoms with E-state index in [1.807, 2.05) is 6.07 Å². The quantitative estimate of drug-likeness (QED) is 0.723. The maximum absolute atomic E-state index is 13.9. The number of anilines is 1. The number of hydrogen-bond acceptors (Lipinski definition) is 3. The van der Waals surface area contributed by atoms with Crippen LogP contribution in [-0.2, 0) is 11.8 Å². The molecule has 1 aromatic heterocycles. The average molecular weight is 357 g/mol. The molecule has 3 nitrogen and oxygen atoms in total. The molecule has 1 fully saturated rings. The molecule has 2 aliphatic rings. The van der Waals surface area contributed by atoms with E-state index in [9.17, 15) is 4.39 Å². The van der Waals surface area contributed by atoms with Crippen molar-refractivity contribution in [3.05, 3.63) is 83.4 Å². The second kappa shape index (κ2) is 6.02. The second-order valence-electron chi connectivity index (χ2n) is 7.47. The highest BCUT2D eigenvalue weighted by Crippen LogP contribution is 2.55. The van der Waals surface area contributed by atoms with Crippen molar-refractivity contribution in [2.24, 2.45) is 0 Å². The molecule has 0 atom stereocenters. The summed E-state index contributed by atoms with van der Waals surface area (Å²) in [5.74, 6) is 0.123. The number of hydrogen-bond donors (Lipinski definition) is 1. The Morgan fingerprint density at radius 2 is 1.67 bits per heavy atom. The predicted octanol–water partition coefficient (Wildman–Crippen LogP) is 4.93. The van der Waals surface area contributed by atoms with E-state index in [1.54, 1.807) is 24.5 Å². The van der Waals surface area contributed by atoms with Crippen molar-refractivity contribution in [3.63, 3.8) is 0 Å². The zero-order valence-electron chi connectivity index (χ0n) is 15.0. The molecule has 0 bridgehead atoms. The van der Waals surface area contributed by atoms with Gasteiger partial charge in [0.15, 0.2) is 0 Å². The van der Waals surface area contributed by atoms with Gasteiger partial charge in [-0.15, -0.1) is 0 Å². The number of fused-ring (bicyclic) bond motifs is 1. The molecule has 134 valence electrons. The van der Waals surface area contributed by atoms with Gasteiger partial charge in [-0.25, -0.2) is 14.4 Å². The van der Waals surface area contributed by atoms with E-state index in [2.05, 4.69) is 40.3 Å². The fraction of sp³-hybridized carbons (Fsp3) is 0.217. The van der Waals surface area contributed by atoms with Crippen LogP contribution in [0.25, 0.3) is 16.7 Å². The number of allylic oxidation sites excluding steroid dienone is 2. The largest absolute Gasteiger partial charge is 0.368 e. The normalized spacial score (nSPS) is 17.1. The molecule has 27 heavy (non-hydrogen) atoms. The Labute approximate surface area is 157 Å². The van der Waals surface area contributed by atoms with Gasteiger partial charge in [-0.1, -0.05) is 42.8 Å². The molecule has 1 heterocycles. The lowest BCUT2D eigenvalue weighted by Gasteiger charge is -2.44. The Bertz CT molecular complexity index is 1030. The highest BCUT2D eigenvalue weighted by Gasteiger charge is 2.44. The molecular weight excluding hydrogens is 337 g/mol. The van der Waals surface area contributed by atoms with E-state index in [0.29, 0.717) is 0 Å². The second-order valence-corrected chi connectivity index (χ2v) is 7.47. The van der Waals surface area contributed by atoms with Crippen LogP contribution in [0.1, 0.15) is 36.0 Å². The van der Waals surface area contributed by atoms with Crippen LogP contribution in [-0.4, -0.2) is 9.97 Å². The summed E-state index contributed by atoms with van der Waals surface area (Å²) in [5.41, 5.74) is 12.5. The molecule has 2 aliphatic carbocycles. The van der Waals surface area contributed by atoms with Crippen molar-refractivity contribution in [2.45, 2.75) is 31.1 Å². The SMILES string of the molecule is Nc1ncc(-c2ccc(C3(C4=CCc5ccc(F)cc54)CCC3)cc2)cn1. The van der Waals surface area contributed by atoms with E-state index < -0.39 is 0 Å². The van der Waals surface area contributed by atoms with Crippen molar-refractivity contribution < 1.29 is 4.39 Å². The lowest BCUT2D eigenvalue weighted by molar-refractivity contribution is 0.327. The number of benzene rings is 2. The lowest BCUT2D eigenvalue weighted by atomic mass is 9.59. The van der Waals surface area contributed by atoms with Gasteiger partial charge in [-0.2, -0.15) is 0 Å². The molecule has 0 aliphatic heterocycles. The fourth-order valence-corrected chi connectivity index (χ4v) is 4.47. The zero-order valence-corrected chi connectivity index (χ0v) is 15.0. The molecule has 4 heteroatoms. The van der Waals surface area contributed by atoms with Crippen LogP contribution in [0.2, 0.25) is 0 Å². The lowest BCUT2D eigenvalue weighted by Crippen LogP contribution is -2.35. The smallest absolute Gasteiger partial charge is 0.219 e. The number of aromatic nitrogens is 2. The Balaban J connectivity index is 1.52. The molecule has 0 amide bonds.